The average molecular weight is 456 g/mol. The number of hydrazone groups is 1. The molecule has 1 aromatic carbocycles. The van der Waals surface area contributed by atoms with Gasteiger partial charge in [-0.2, -0.15) is 5.10 Å². The van der Waals surface area contributed by atoms with Gasteiger partial charge in [0.1, 0.15) is 18.0 Å². The first-order chi connectivity index (χ1) is 15.5. The molecule has 0 aliphatic carbocycles. The number of urea groups is 1. The SMILES string of the molecule is COc1ccc(OC)c([C@@H]2CC(c3cccn3C)=NN2C(=O)CN(C)C(=O)NC(C)(C)C)c1. The number of hydrogen-bond acceptors (Lipinski definition) is 5. The number of nitrogens with one attached hydrogen (secondary N) is 1. The third-order valence-electron chi connectivity index (χ3n) is 5.40. The molecule has 0 unspecified atom stereocenters. The molecule has 1 aromatic heterocycles. The highest BCUT2D eigenvalue weighted by Crippen LogP contribution is 2.39. The van der Waals surface area contributed by atoms with E-state index < -0.39 is 11.6 Å². The minimum atomic E-state index is -0.406. The van der Waals surface area contributed by atoms with Gasteiger partial charge in [-0.05, 0) is 51.1 Å². The molecule has 3 rings (SSSR count). The van der Waals surface area contributed by atoms with E-state index in [1.165, 1.54) is 9.91 Å². The van der Waals surface area contributed by atoms with Crippen LogP contribution in [0.15, 0.2) is 41.6 Å². The number of benzene rings is 1. The Labute approximate surface area is 194 Å². The van der Waals surface area contributed by atoms with E-state index in [9.17, 15) is 9.59 Å². The summed E-state index contributed by atoms with van der Waals surface area (Å²) in [5.41, 5.74) is 2.10. The molecule has 1 N–H and O–H groups in total. The first-order valence-electron chi connectivity index (χ1n) is 10.8. The zero-order chi connectivity index (χ0) is 24.3. The molecule has 9 heteroatoms. The maximum atomic E-state index is 13.4. The van der Waals surface area contributed by atoms with E-state index in [0.29, 0.717) is 17.9 Å². The van der Waals surface area contributed by atoms with Crippen LogP contribution in [0.1, 0.15) is 44.5 Å². The molecule has 1 aliphatic heterocycles. The van der Waals surface area contributed by atoms with E-state index in [4.69, 9.17) is 14.6 Å². The number of likely N-dealkylation sites (N-methyl/N-ethyl adjacent to an activating group) is 1. The molecule has 0 saturated carbocycles. The normalized spacial score (nSPS) is 15.8. The third-order valence-corrected chi connectivity index (χ3v) is 5.40. The standard InChI is InChI=1S/C24H33N5O4/c1-24(2,3)25-23(31)28(5)15-22(30)29-20(14-18(26-29)19-9-8-12-27(19)4)17-13-16(32-6)10-11-21(17)33-7/h8-13,20H,14-15H2,1-7H3,(H,25,31)/t20-/m0/s1. The molecule has 1 aliphatic rings. The Morgan fingerprint density at radius 1 is 1.21 bits per heavy atom. The van der Waals surface area contributed by atoms with E-state index in [-0.39, 0.29) is 18.5 Å². The number of amides is 3. The van der Waals surface area contributed by atoms with Gasteiger partial charge in [0, 0.05) is 37.8 Å². The largest absolute Gasteiger partial charge is 0.497 e. The fourth-order valence-corrected chi connectivity index (χ4v) is 3.76. The molecular weight excluding hydrogens is 422 g/mol. The Bertz CT molecular complexity index is 1050. The lowest BCUT2D eigenvalue weighted by molar-refractivity contribution is -0.133. The average Bonchev–Trinajstić information content (AvgIpc) is 3.38. The van der Waals surface area contributed by atoms with Gasteiger partial charge >= 0.3 is 6.03 Å². The Hall–Kier alpha value is -3.49. The number of nitrogens with zero attached hydrogens (tertiary/aromatic N) is 4. The lowest BCUT2D eigenvalue weighted by Crippen LogP contribution is -2.49. The fourth-order valence-electron chi connectivity index (χ4n) is 3.76. The van der Waals surface area contributed by atoms with Crippen molar-refractivity contribution in [2.24, 2.45) is 12.1 Å². The van der Waals surface area contributed by atoms with Crippen molar-refractivity contribution in [3.05, 3.63) is 47.8 Å². The van der Waals surface area contributed by atoms with E-state index in [1.807, 2.05) is 68.9 Å². The van der Waals surface area contributed by atoms with Crippen molar-refractivity contribution >= 4 is 17.6 Å². The number of ether oxygens (including phenoxy) is 2. The molecule has 0 fully saturated rings. The predicted octanol–water partition coefficient (Wildman–Crippen LogP) is 3.16. The second-order valence-electron chi connectivity index (χ2n) is 9.15. The summed E-state index contributed by atoms with van der Waals surface area (Å²) in [4.78, 5) is 27.3. The van der Waals surface area contributed by atoms with E-state index in [2.05, 4.69) is 5.32 Å². The quantitative estimate of drug-likeness (QED) is 0.725. The second-order valence-corrected chi connectivity index (χ2v) is 9.15. The number of aromatic nitrogens is 1. The second kappa shape index (κ2) is 9.56. The van der Waals surface area contributed by atoms with Crippen LogP contribution in [0.3, 0.4) is 0 Å². The van der Waals surface area contributed by atoms with Crippen LogP contribution in [-0.4, -0.2) is 65.5 Å². The van der Waals surface area contributed by atoms with Crippen LogP contribution in [0.25, 0.3) is 0 Å². The van der Waals surface area contributed by atoms with Gasteiger partial charge in [-0.3, -0.25) is 4.79 Å². The number of carbonyl (C=O) groups is 2. The van der Waals surface area contributed by atoms with Gasteiger partial charge in [-0.1, -0.05) is 0 Å². The van der Waals surface area contributed by atoms with Gasteiger partial charge in [0.2, 0.25) is 0 Å². The lowest BCUT2D eigenvalue weighted by atomic mass is 9.99. The van der Waals surface area contributed by atoms with Crippen LogP contribution in [-0.2, 0) is 11.8 Å². The number of aryl methyl sites for hydroxylation is 1. The van der Waals surface area contributed by atoms with Crippen molar-refractivity contribution in [3.63, 3.8) is 0 Å². The number of hydrogen-bond donors (Lipinski definition) is 1. The van der Waals surface area contributed by atoms with Crippen molar-refractivity contribution in [2.75, 3.05) is 27.8 Å². The van der Waals surface area contributed by atoms with Crippen LogP contribution in [0, 0.1) is 0 Å². The molecule has 9 nitrogen and oxygen atoms in total. The minimum absolute atomic E-state index is 0.116. The topological polar surface area (TPSA) is 88.4 Å². The third kappa shape index (κ3) is 5.47. The van der Waals surface area contributed by atoms with Crippen molar-refractivity contribution in [2.45, 2.75) is 38.8 Å². The van der Waals surface area contributed by atoms with Gasteiger partial charge in [0.25, 0.3) is 5.91 Å². The van der Waals surface area contributed by atoms with Crippen molar-refractivity contribution in [1.29, 1.82) is 0 Å². The summed E-state index contributed by atoms with van der Waals surface area (Å²) in [5, 5.41) is 9.02. The van der Waals surface area contributed by atoms with Crippen LogP contribution < -0.4 is 14.8 Å². The molecular formula is C24H33N5O4. The summed E-state index contributed by atoms with van der Waals surface area (Å²) in [5.74, 6) is 1.01. The summed E-state index contributed by atoms with van der Waals surface area (Å²) in [6.07, 6.45) is 2.44. The summed E-state index contributed by atoms with van der Waals surface area (Å²) < 4.78 is 13.0. The van der Waals surface area contributed by atoms with E-state index in [0.717, 1.165) is 17.0 Å². The first kappa shape index (κ1) is 24.2. The Morgan fingerprint density at radius 2 is 1.94 bits per heavy atom. The van der Waals surface area contributed by atoms with Crippen LogP contribution in [0.2, 0.25) is 0 Å². The number of carbonyl (C=O) groups excluding carboxylic acids is 2. The highest BCUT2D eigenvalue weighted by Gasteiger charge is 2.36. The maximum Gasteiger partial charge on any atom is 0.318 e. The highest BCUT2D eigenvalue weighted by molar-refractivity contribution is 6.02. The molecule has 2 aromatic rings. The van der Waals surface area contributed by atoms with Crippen LogP contribution in [0.5, 0.6) is 11.5 Å². The van der Waals surface area contributed by atoms with Crippen molar-refractivity contribution < 1.29 is 19.1 Å². The van der Waals surface area contributed by atoms with Gasteiger partial charge in [0.15, 0.2) is 0 Å². The number of methoxy groups -OCH3 is 2. The summed E-state index contributed by atoms with van der Waals surface area (Å²) >= 11 is 0. The first-order valence-corrected chi connectivity index (χ1v) is 10.8. The van der Waals surface area contributed by atoms with Gasteiger partial charge in [-0.25, -0.2) is 9.80 Å². The minimum Gasteiger partial charge on any atom is -0.497 e. The lowest BCUT2D eigenvalue weighted by Gasteiger charge is -2.28. The Kier molecular flexibility index (Phi) is 7.00. The van der Waals surface area contributed by atoms with Gasteiger partial charge in [-0.15, -0.1) is 0 Å². The molecule has 0 saturated heterocycles. The molecule has 33 heavy (non-hydrogen) atoms. The molecule has 0 radical (unpaired) electrons. The zero-order valence-electron chi connectivity index (χ0n) is 20.4. The molecule has 3 amide bonds. The van der Waals surface area contributed by atoms with Gasteiger partial charge in [0.05, 0.1) is 31.7 Å². The van der Waals surface area contributed by atoms with E-state index >= 15 is 0 Å². The summed E-state index contributed by atoms with van der Waals surface area (Å²) in [7, 11) is 6.72. The predicted molar refractivity (Wildman–Crippen MR) is 127 cm³/mol. The van der Waals surface area contributed by atoms with Crippen LogP contribution >= 0.6 is 0 Å². The Balaban J connectivity index is 1.94. The van der Waals surface area contributed by atoms with E-state index in [1.54, 1.807) is 21.3 Å². The molecule has 178 valence electrons. The van der Waals surface area contributed by atoms with Crippen molar-refractivity contribution in [1.82, 2.24) is 19.8 Å². The maximum absolute atomic E-state index is 13.4. The summed E-state index contributed by atoms with van der Waals surface area (Å²) in [6.45, 7) is 5.56. The smallest absolute Gasteiger partial charge is 0.318 e. The number of rotatable bonds is 6. The van der Waals surface area contributed by atoms with Gasteiger partial charge < -0.3 is 24.3 Å². The molecule has 0 spiro atoms. The summed E-state index contributed by atoms with van der Waals surface area (Å²) in [6, 6.07) is 8.68. The monoisotopic (exact) mass is 455 g/mol. The molecule has 0 bridgehead atoms. The van der Waals surface area contributed by atoms with Crippen molar-refractivity contribution in [3.8, 4) is 11.5 Å². The Morgan fingerprint density at radius 3 is 2.52 bits per heavy atom. The van der Waals surface area contributed by atoms with Crippen LogP contribution in [0.4, 0.5) is 4.79 Å². The zero-order valence-corrected chi connectivity index (χ0v) is 20.4. The highest BCUT2D eigenvalue weighted by atomic mass is 16.5. The fraction of sp³-hybridized carbons (Fsp3) is 0.458. The molecule has 2 heterocycles. The molecule has 1 atom stereocenters.